The molecule has 0 atom stereocenters. The summed E-state index contributed by atoms with van der Waals surface area (Å²) in [6.45, 7) is 8.59. The fourth-order valence-corrected chi connectivity index (χ4v) is 3.64. The van der Waals surface area contributed by atoms with Gasteiger partial charge in [-0.25, -0.2) is 4.98 Å². The molecule has 0 spiro atoms. The lowest BCUT2D eigenvalue weighted by atomic mass is 10.2. The quantitative estimate of drug-likeness (QED) is 0.816. The lowest BCUT2D eigenvalue weighted by molar-refractivity contribution is 0.100. The van der Waals surface area contributed by atoms with Gasteiger partial charge in [-0.2, -0.15) is 0 Å². The predicted molar refractivity (Wildman–Crippen MR) is 101 cm³/mol. The molecule has 1 aromatic carbocycles. The number of anilines is 1. The van der Waals surface area contributed by atoms with Gasteiger partial charge in [-0.15, -0.1) is 0 Å². The second-order valence-electron chi connectivity index (χ2n) is 6.57. The number of primary amides is 1. The number of benzene rings is 1. The van der Waals surface area contributed by atoms with Gasteiger partial charge in [0.15, 0.2) is 0 Å². The summed E-state index contributed by atoms with van der Waals surface area (Å²) in [5.41, 5.74) is 13.4. The van der Waals surface area contributed by atoms with Gasteiger partial charge in [-0.1, -0.05) is 13.0 Å². The Balaban J connectivity index is 1.98. The number of hydrogen-bond acceptors (Lipinski definition) is 5. The van der Waals surface area contributed by atoms with Crippen LogP contribution < -0.4 is 16.4 Å². The SMILES string of the molecule is CCCN1CCCN(c2nc3c(C(N)=O)cccc3n2CCN)CC1. The van der Waals surface area contributed by atoms with Crippen molar-refractivity contribution in [2.45, 2.75) is 26.3 Å². The minimum atomic E-state index is -0.445. The molecule has 1 fully saturated rings. The molecule has 0 bridgehead atoms. The van der Waals surface area contributed by atoms with E-state index >= 15 is 0 Å². The smallest absolute Gasteiger partial charge is 0.250 e. The van der Waals surface area contributed by atoms with Gasteiger partial charge < -0.3 is 25.8 Å². The van der Waals surface area contributed by atoms with Crippen molar-refractivity contribution < 1.29 is 4.79 Å². The first kappa shape index (κ1) is 17.7. The number of amides is 1. The Bertz CT molecular complexity index is 740. The number of para-hydroxylation sites is 1. The number of carbonyl (C=O) groups is 1. The van der Waals surface area contributed by atoms with Crippen molar-refractivity contribution in [3.63, 3.8) is 0 Å². The summed E-state index contributed by atoms with van der Waals surface area (Å²) < 4.78 is 2.12. The summed E-state index contributed by atoms with van der Waals surface area (Å²) in [4.78, 5) is 21.4. The number of carbonyl (C=O) groups excluding carboxylic acids is 1. The van der Waals surface area contributed by atoms with E-state index in [4.69, 9.17) is 16.5 Å². The van der Waals surface area contributed by atoms with Crippen molar-refractivity contribution in [1.29, 1.82) is 0 Å². The van der Waals surface area contributed by atoms with Crippen molar-refractivity contribution >= 4 is 22.9 Å². The van der Waals surface area contributed by atoms with E-state index in [1.54, 1.807) is 6.07 Å². The molecule has 0 radical (unpaired) electrons. The second kappa shape index (κ2) is 7.84. The number of hydrogen-bond donors (Lipinski definition) is 2. The van der Waals surface area contributed by atoms with Gasteiger partial charge in [0.25, 0.3) is 5.91 Å². The van der Waals surface area contributed by atoms with E-state index < -0.39 is 5.91 Å². The standard InChI is InChI=1S/C18H28N6O/c1-2-8-22-9-4-10-23(13-12-22)18-21-16-14(17(20)25)5-3-6-15(16)24(18)11-7-19/h3,5-6H,2,4,7-13,19H2,1H3,(H2,20,25). The lowest BCUT2D eigenvalue weighted by Gasteiger charge is -2.23. The summed E-state index contributed by atoms with van der Waals surface area (Å²) >= 11 is 0. The molecule has 1 aromatic heterocycles. The third kappa shape index (κ3) is 3.62. The van der Waals surface area contributed by atoms with E-state index in [-0.39, 0.29) is 0 Å². The summed E-state index contributed by atoms with van der Waals surface area (Å²) in [5.74, 6) is 0.451. The van der Waals surface area contributed by atoms with Gasteiger partial charge >= 0.3 is 0 Å². The molecule has 0 unspecified atom stereocenters. The minimum absolute atomic E-state index is 0.445. The van der Waals surface area contributed by atoms with Crippen LogP contribution in [0.15, 0.2) is 18.2 Å². The van der Waals surface area contributed by atoms with Crippen LogP contribution >= 0.6 is 0 Å². The van der Waals surface area contributed by atoms with Crippen molar-refractivity contribution in [1.82, 2.24) is 14.5 Å². The third-order valence-corrected chi connectivity index (χ3v) is 4.79. The highest BCUT2D eigenvalue weighted by Gasteiger charge is 2.22. The molecule has 1 aliphatic rings. The number of nitrogens with two attached hydrogens (primary N) is 2. The topological polar surface area (TPSA) is 93.4 Å². The first-order chi connectivity index (χ1) is 12.2. The van der Waals surface area contributed by atoms with E-state index in [9.17, 15) is 4.79 Å². The zero-order valence-electron chi connectivity index (χ0n) is 14.9. The summed E-state index contributed by atoms with van der Waals surface area (Å²) in [5, 5.41) is 0. The highest BCUT2D eigenvalue weighted by molar-refractivity contribution is 6.04. The number of aromatic nitrogens is 2. The van der Waals surface area contributed by atoms with E-state index in [2.05, 4.69) is 21.3 Å². The average Bonchev–Trinajstić information content (AvgIpc) is 2.80. The summed E-state index contributed by atoms with van der Waals surface area (Å²) in [7, 11) is 0. The van der Waals surface area contributed by atoms with Crippen molar-refractivity contribution in [3.8, 4) is 0 Å². The van der Waals surface area contributed by atoms with Crippen LogP contribution in [0.2, 0.25) is 0 Å². The minimum Gasteiger partial charge on any atom is -0.366 e. The Kier molecular flexibility index (Phi) is 5.55. The number of fused-ring (bicyclic) bond motifs is 1. The van der Waals surface area contributed by atoms with Gasteiger partial charge in [0, 0.05) is 32.7 Å². The van der Waals surface area contributed by atoms with Gasteiger partial charge in [0.05, 0.1) is 11.1 Å². The molecule has 3 rings (SSSR count). The maximum absolute atomic E-state index is 11.8. The fraction of sp³-hybridized carbons (Fsp3) is 0.556. The van der Waals surface area contributed by atoms with Crippen LogP contribution in [0.1, 0.15) is 30.1 Å². The van der Waals surface area contributed by atoms with Gasteiger partial charge in [-0.3, -0.25) is 4.79 Å². The van der Waals surface area contributed by atoms with E-state index in [1.807, 2.05) is 12.1 Å². The monoisotopic (exact) mass is 344 g/mol. The molecule has 4 N–H and O–H groups in total. The van der Waals surface area contributed by atoms with Crippen molar-refractivity contribution in [2.24, 2.45) is 11.5 Å². The number of rotatable bonds is 6. The maximum atomic E-state index is 11.8. The van der Waals surface area contributed by atoms with Crippen LogP contribution in [0.5, 0.6) is 0 Å². The molecule has 25 heavy (non-hydrogen) atoms. The van der Waals surface area contributed by atoms with Gasteiger partial charge in [0.1, 0.15) is 5.52 Å². The highest BCUT2D eigenvalue weighted by Crippen LogP contribution is 2.26. The predicted octanol–water partition coefficient (Wildman–Crippen LogP) is 1.02. The molecule has 1 saturated heterocycles. The molecule has 7 heteroatoms. The van der Waals surface area contributed by atoms with Crippen molar-refractivity contribution in [3.05, 3.63) is 23.8 Å². The molecular formula is C18H28N6O. The van der Waals surface area contributed by atoms with Crippen LogP contribution in [-0.4, -0.2) is 59.6 Å². The van der Waals surface area contributed by atoms with Crippen LogP contribution in [-0.2, 0) is 6.54 Å². The molecule has 136 valence electrons. The van der Waals surface area contributed by atoms with E-state index in [0.717, 1.165) is 50.6 Å². The molecule has 1 aliphatic heterocycles. The number of imidazole rings is 1. The summed E-state index contributed by atoms with van der Waals surface area (Å²) in [6, 6.07) is 5.57. The lowest BCUT2D eigenvalue weighted by Crippen LogP contribution is -2.33. The number of nitrogens with zero attached hydrogens (tertiary/aromatic N) is 4. The Morgan fingerprint density at radius 2 is 2.04 bits per heavy atom. The average molecular weight is 344 g/mol. The first-order valence-corrected chi connectivity index (χ1v) is 9.12. The Hall–Kier alpha value is -2.12. The fourth-order valence-electron chi connectivity index (χ4n) is 3.64. The molecular weight excluding hydrogens is 316 g/mol. The molecule has 0 saturated carbocycles. The second-order valence-corrected chi connectivity index (χ2v) is 6.57. The van der Waals surface area contributed by atoms with Crippen LogP contribution in [0, 0.1) is 0 Å². The Labute approximate surface area is 148 Å². The molecule has 7 nitrogen and oxygen atoms in total. The normalized spacial score (nSPS) is 16.3. The first-order valence-electron chi connectivity index (χ1n) is 9.12. The van der Waals surface area contributed by atoms with Crippen LogP contribution in [0.4, 0.5) is 5.95 Å². The van der Waals surface area contributed by atoms with Gasteiger partial charge in [0.2, 0.25) is 5.95 Å². The van der Waals surface area contributed by atoms with Crippen LogP contribution in [0.3, 0.4) is 0 Å². The maximum Gasteiger partial charge on any atom is 0.250 e. The van der Waals surface area contributed by atoms with E-state index in [1.165, 1.54) is 6.42 Å². The van der Waals surface area contributed by atoms with Crippen molar-refractivity contribution in [2.75, 3.05) is 44.2 Å². The van der Waals surface area contributed by atoms with Gasteiger partial charge in [-0.05, 0) is 38.1 Å². The largest absolute Gasteiger partial charge is 0.366 e. The molecule has 0 aliphatic carbocycles. The molecule has 2 aromatic rings. The Morgan fingerprint density at radius 1 is 1.20 bits per heavy atom. The van der Waals surface area contributed by atoms with E-state index in [0.29, 0.717) is 24.2 Å². The Morgan fingerprint density at radius 3 is 2.76 bits per heavy atom. The highest BCUT2D eigenvalue weighted by atomic mass is 16.1. The van der Waals surface area contributed by atoms with Crippen LogP contribution in [0.25, 0.3) is 11.0 Å². The zero-order valence-corrected chi connectivity index (χ0v) is 14.9. The third-order valence-electron chi connectivity index (χ3n) is 4.79. The molecule has 2 heterocycles. The molecule has 1 amide bonds. The summed E-state index contributed by atoms with van der Waals surface area (Å²) in [6.07, 6.45) is 2.28. The zero-order chi connectivity index (χ0) is 17.8.